The minimum absolute atomic E-state index is 0.0157. The second kappa shape index (κ2) is 8.64. The summed E-state index contributed by atoms with van der Waals surface area (Å²) >= 11 is 5.97. The minimum Gasteiger partial charge on any atom is -0.422 e. The van der Waals surface area contributed by atoms with Gasteiger partial charge >= 0.3 is 5.63 Å². The molecule has 0 unspecified atom stereocenters. The van der Waals surface area contributed by atoms with Crippen molar-refractivity contribution >= 4 is 28.5 Å². The molecule has 1 N–H and O–H groups in total. The Bertz CT molecular complexity index is 830. The van der Waals surface area contributed by atoms with E-state index in [1.807, 2.05) is 0 Å². The molecule has 1 saturated heterocycles. The van der Waals surface area contributed by atoms with Gasteiger partial charge in [-0.2, -0.15) is 0 Å². The Labute approximate surface area is 155 Å². The van der Waals surface area contributed by atoms with E-state index in [0.29, 0.717) is 55.4 Å². The van der Waals surface area contributed by atoms with Crippen LogP contribution in [0.15, 0.2) is 33.5 Å². The number of halogens is 1. The summed E-state index contributed by atoms with van der Waals surface area (Å²) in [6.45, 7) is 4.12. The lowest BCUT2D eigenvalue weighted by Crippen LogP contribution is -2.50. The van der Waals surface area contributed by atoms with Crippen LogP contribution >= 0.6 is 11.6 Å². The van der Waals surface area contributed by atoms with E-state index in [1.165, 1.54) is 0 Å². The molecule has 0 radical (unpaired) electrons. The molecule has 1 fully saturated rings. The van der Waals surface area contributed by atoms with E-state index in [2.05, 4.69) is 4.90 Å². The van der Waals surface area contributed by atoms with Gasteiger partial charge in [-0.3, -0.25) is 9.69 Å². The van der Waals surface area contributed by atoms with Crippen molar-refractivity contribution in [2.45, 2.75) is 0 Å². The molecule has 1 aliphatic rings. The van der Waals surface area contributed by atoms with Gasteiger partial charge in [0.25, 0.3) is 5.91 Å². The van der Waals surface area contributed by atoms with Crippen LogP contribution in [0.3, 0.4) is 0 Å². The SMILES string of the molecule is O=C(c1cc2cc(Cl)ccc2oc1=O)N1CCN(CCOCCO)CC1. The Morgan fingerprint density at radius 3 is 2.69 bits per heavy atom. The van der Waals surface area contributed by atoms with E-state index in [-0.39, 0.29) is 18.1 Å². The third-order valence-electron chi connectivity index (χ3n) is 4.37. The quantitative estimate of drug-likeness (QED) is 0.599. The predicted molar refractivity (Wildman–Crippen MR) is 97.7 cm³/mol. The van der Waals surface area contributed by atoms with Crippen molar-refractivity contribution in [3.8, 4) is 0 Å². The predicted octanol–water partition coefficient (Wildman–Crippen LogP) is 1.21. The molecule has 2 heterocycles. The number of ether oxygens (including phenoxy) is 1. The summed E-state index contributed by atoms with van der Waals surface area (Å²) in [4.78, 5) is 28.7. The molecular formula is C18H21ClN2O5. The number of carbonyl (C=O) groups excluding carboxylic acids is 1. The highest BCUT2D eigenvalue weighted by molar-refractivity contribution is 6.31. The van der Waals surface area contributed by atoms with Gasteiger partial charge in [0.05, 0.1) is 19.8 Å². The second-order valence-corrected chi connectivity index (χ2v) is 6.54. The Hall–Kier alpha value is -1.93. The van der Waals surface area contributed by atoms with Gasteiger partial charge in [0.15, 0.2) is 0 Å². The van der Waals surface area contributed by atoms with Gasteiger partial charge in [-0.15, -0.1) is 0 Å². The number of nitrogens with zero attached hydrogens (tertiary/aromatic N) is 2. The highest BCUT2D eigenvalue weighted by Crippen LogP contribution is 2.19. The highest BCUT2D eigenvalue weighted by atomic mass is 35.5. The molecule has 0 bridgehead atoms. The molecule has 7 nitrogen and oxygen atoms in total. The first-order chi connectivity index (χ1) is 12.6. The molecule has 0 aliphatic carbocycles. The average molecular weight is 381 g/mol. The fourth-order valence-corrected chi connectivity index (χ4v) is 3.13. The molecule has 2 aromatic rings. The van der Waals surface area contributed by atoms with E-state index in [4.69, 9.17) is 25.9 Å². The lowest BCUT2D eigenvalue weighted by Gasteiger charge is -2.34. The van der Waals surface area contributed by atoms with Crippen molar-refractivity contribution in [2.75, 3.05) is 52.5 Å². The number of fused-ring (bicyclic) bond motifs is 1. The number of carbonyl (C=O) groups is 1. The van der Waals surface area contributed by atoms with Crippen LogP contribution in [0, 0.1) is 0 Å². The first kappa shape index (κ1) is 18.8. The summed E-state index contributed by atoms with van der Waals surface area (Å²) in [5, 5.41) is 9.83. The molecule has 1 aromatic carbocycles. The van der Waals surface area contributed by atoms with Crippen molar-refractivity contribution in [2.24, 2.45) is 0 Å². The molecule has 140 valence electrons. The zero-order valence-corrected chi connectivity index (χ0v) is 15.1. The maximum Gasteiger partial charge on any atom is 0.349 e. The number of aliphatic hydroxyl groups is 1. The van der Waals surface area contributed by atoms with Crippen LogP contribution in [0.4, 0.5) is 0 Å². The highest BCUT2D eigenvalue weighted by Gasteiger charge is 2.24. The summed E-state index contributed by atoms with van der Waals surface area (Å²) < 4.78 is 10.5. The molecule has 1 aliphatic heterocycles. The van der Waals surface area contributed by atoms with Crippen molar-refractivity contribution in [3.63, 3.8) is 0 Å². The van der Waals surface area contributed by atoms with Crippen LogP contribution in [-0.4, -0.2) is 73.4 Å². The largest absolute Gasteiger partial charge is 0.422 e. The number of piperazine rings is 1. The summed E-state index contributed by atoms with van der Waals surface area (Å²) in [6.07, 6.45) is 0. The molecule has 3 rings (SSSR count). The zero-order valence-electron chi connectivity index (χ0n) is 14.3. The first-order valence-corrected chi connectivity index (χ1v) is 8.90. The van der Waals surface area contributed by atoms with Gasteiger partial charge < -0.3 is 19.2 Å². The molecule has 1 aromatic heterocycles. The average Bonchev–Trinajstić information content (AvgIpc) is 2.65. The molecule has 8 heteroatoms. The van der Waals surface area contributed by atoms with Gasteiger partial charge in [-0.1, -0.05) is 11.6 Å². The van der Waals surface area contributed by atoms with Gasteiger partial charge in [-0.05, 0) is 24.3 Å². The van der Waals surface area contributed by atoms with Crippen LogP contribution in [-0.2, 0) is 4.74 Å². The maximum atomic E-state index is 12.7. The van der Waals surface area contributed by atoms with Gasteiger partial charge in [0, 0.05) is 43.1 Å². The van der Waals surface area contributed by atoms with Gasteiger partial charge in [-0.25, -0.2) is 4.79 Å². The van der Waals surface area contributed by atoms with Gasteiger partial charge in [0.1, 0.15) is 11.1 Å². The van der Waals surface area contributed by atoms with E-state index >= 15 is 0 Å². The number of amides is 1. The number of aliphatic hydroxyl groups excluding tert-OH is 1. The number of hydrogen-bond acceptors (Lipinski definition) is 6. The standard InChI is InChI=1S/C18H21ClN2O5/c19-14-1-2-16-13(11-14)12-15(18(24)26-16)17(23)21-5-3-20(4-6-21)7-9-25-10-8-22/h1-2,11-12,22H,3-10H2. The second-order valence-electron chi connectivity index (χ2n) is 6.10. The van der Waals surface area contributed by atoms with E-state index < -0.39 is 5.63 Å². The topological polar surface area (TPSA) is 83.2 Å². The lowest BCUT2D eigenvalue weighted by molar-refractivity contribution is 0.0484. The van der Waals surface area contributed by atoms with Crippen LogP contribution in [0.5, 0.6) is 0 Å². The molecule has 1 amide bonds. The molecular weight excluding hydrogens is 360 g/mol. The number of hydrogen-bond donors (Lipinski definition) is 1. The normalized spacial score (nSPS) is 15.5. The fraction of sp³-hybridized carbons (Fsp3) is 0.444. The minimum atomic E-state index is -0.635. The van der Waals surface area contributed by atoms with Crippen molar-refractivity contribution in [1.82, 2.24) is 9.80 Å². The lowest BCUT2D eigenvalue weighted by atomic mass is 10.1. The van der Waals surface area contributed by atoms with Crippen LogP contribution in [0.1, 0.15) is 10.4 Å². The Balaban J connectivity index is 1.64. The van der Waals surface area contributed by atoms with E-state index in [9.17, 15) is 9.59 Å². The van der Waals surface area contributed by atoms with Crippen molar-refractivity contribution < 1.29 is 19.1 Å². The molecule has 26 heavy (non-hydrogen) atoms. The number of rotatable bonds is 6. The number of benzene rings is 1. The third-order valence-corrected chi connectivity index (χ3v) is 4.61. The van der Waals surface area contributed by atoms with Crippen LogP contribution in [0.2, 0.25) is 5.02 Å². The Kier molecular flexibility index (Phi) is 6.26. The van der Waals surface area contributed by atoms with E-state index in [1.54, 1.807) is 29.2 Å². The van der Waals surface area contributed by atoms with Crippen LogP contribution in [0.25, 0.3) is 11.0 Å². The smallest absolute Gasteiger partial charge is 0.349 e. The summed E-state index contributed by atoms with van der Waals surface area (Å²) in [5.74, 6) is -0.322. The summed E-state index contributed by atoms with van der Waals surface area (Å²) in [5.41, 5.74) is -0.201. The zero-order chi connectivity index (χ0) is 18.5. The first-order valence-electron chi connectivity index (χ1n) is 8.52. The van der Waals surface area contributed by atoms with Crippen molar-refractivity contribution in [1.29, 1.82) is 0 Å². The summed E-state index contributed by atoms with van der Waals surface area (Å²) in [7, 11) is 0. The molecule has 0 spiro atoms. The fourth-order valence-electron chi connectivity index (χ4n) is 2.95. The van der Waals surface area contributed by atoms with Crippen molar-refractivity contribution in [3.05, 3.63) is 45.3 Å². The Morgan fingerprint density at radius 2 is 1.96 bits per heavy atom. The monoisotopic (exact) mass is 380 g/mol. The maximum absolute atomic E-state index is 12.7. The van der Waals surface area contributed by atoms with Crippen LogP contribution < -0.4 is 5.63 Å². The Morgan fingerprint density at radius 1 is 1.19 bits per heavy atom. The molecule has 0 atom stereocenters. The van der Waals surface area contributed by atoms with Gasteiger partial charge in [0.2, 0.25) is 0 Å². The van der Waals surface area contributed by atoms with E-state index in [0.717, 1.165) is 6.54 Å². The summed E-state index contributed by atoms with van der Waals surface area (Å²) in [6, 6.07) is 6.47. The molecule has 0 saturated carbocycles. The third kappa shape index (κ3) is 4.42.